The first kappa shape index (κ1) is 20.8. The summed E-state index contributed by atoms with van der Waals surface area (Å²) in [5.74, 6) is -2.02. The largest absolute Gasteiger partial charge is 0.462 e. The average Bonchev–Trinajstić information content (AvgIpc) is 3.04. The molecule has 1 aliphatic rings. The van der Waals surface area contributed by atoms with Gasteiger partial charge in [0.05, 0.1) is 12.2 Å². The first-order chi connectivity index (χ1) is 13.8. The lowest BCUT2D eigenvalue weighted by Gasteiger charge is -2.30. The van der Waals surface area contributed by atoms with E-state index in [2.05, 4.69) is 4.98 Å². The van der Waals surface area contributed by atoms with Gasteiger partial charge in [-0.3, -0.25) is 9.59 Å². The molecule has 1 amide bonds. The molecule has 2 aromatic rings. The number of hydrogen-bond donors (Lipinski definition) is 1. The van der Waals surface area contributed by atoms with Crippen LogP contribution in [0, 0.1) is 18.7 Å². The zero-order valence-corrected chi connectivity index (χ0v) is 16.9. The van der Waals surface area contributed by atoms with Gasteiger partial charge in [-0.25, -0.2) is 9.18 Å². The van der Waals surface area contributed by atoms with E-state index >= 15 is 0 Å². The van der Waals surface area contributed by atoms with E-state index in [0.717, 1.165) is 12.8 Å². The van der Waals surface area contributed by atoms with Crippen molar-refractivity contribution in [2.45, 2.75) is 33.6 Å². The van der Waals surface area contributed by atoms with E-state index in [1.54, 1.807) is 18.7 Å². The van der Waals surface area contributed by atoms with E-state index in [-0.39, 0.29) is 23.4 Å². The fourth-order valence-electron chi connectivity index (χ4n) is 3.78. The summed E-state index contributed by atoms with van der Waals surface area (Å²) in [7, 11) is 0. The average molecular weight is 400 g/mol. The van der Waals surface area contributed by atoms with Gasteiger partial charge in [0.1, 0.15) is 11.5 Å². The number of esters is 1. The lowest BCUT2D eigenvalue weighted by molar-refractivity contribution is -0.128. The van der Waals surface area contributed by atoms with Crippen molar-refractivity contribution in [2.24, 2.45) is 5.92 Å². The van der Waals surface area contributed by atoms with Gasteiger partial charge in [-0.2, -0.15) is 0 Å². The van der Waals surface area contributed by atoms with Crippen LogP contribution >= 0.6 is 0 Å². The van der Waals surface area contributed by atoms with E-state index in [1.165, 1.54) is 24.3 Å². The number of carbonyl (C=O) groups is 3. The van der Waals surface area contributed by atoms with Gasteiger partial charge in [-0.1, -0.05) is 19.1 Å². The monoisotopic (exact) mass is 400 g/mol. The van der Waals surface area contributed by atoms with Gasteiger partial charge in [-0.05, 0) is 50.3 Å². The Kier molecular flexibility index (Phi) is 6.15. The lowest BCUT2D eigenvalue weighted by Crippen LogP contribution is -2.43. The molecule has 1 saturated heterocycles. The van der Waals surface area contributed by atoms with Crippen LogP contribution in [0.5, 0.6) is 0 Å². The Labute approximate surface area is 169 Å². The molecular formula is C22H25FN2O4. The number of aryl methyl sites for hydroxylation is 1. The molecule has 7 heteroatoms. The van der Waals surface area contributed by atoms with Crippen molar-refractivity contribution >= 4 is 17.7 Å². The Bertz CT molecular complexity index is 933. The van der Waals surface area contributed by atoms with Crippen molar-refractivity contribution in [3.05, 3.63) is 47.0 Å². The number of likely N-dealkylation sites (tertiary alicyclic amines) is 1. The van der Waals surface area contributed by atoms with Gasteiger partial charge in [0.15, 0.2) is 0 Å². The maximum absolute atomic E-state index is 13.4. The fourth-order valence-corrected chi connectivity index (χ4v) is 3.78. The minimum Gasteiger partial charge on any atom is -0.462 e. The Morgan fingerprint density at radius 1 is 1.24 bits per heavy atom. The quantitative estimate of drug-likeness (QED) is 0.471. The van der Waals surface area contributed by atoms with Crippen LogP contribution < -0.4 is 0 Å². The number of benzene rings is 1. The molecule has 0 aliphatic carbocycles. The summed E-state index contributed by atoms with van der Waals surface area (Å²) in [4.78, 5) is 43.0. The zero-order valence-electron chi connectivity index (χ0n) is 16.9. The molecule has 6 nitrogen and oxygen atoms in total. The second-order valence-electron chi connectivity index (χ2n) is 7.43. The minimum absolute atomic E-state index is 0.0281. The van der Waals surface area contributed by atoms with Gasteiger partial charge < -0.3 is 14.6 Å². The number of amides is 1. The Balaban J connectivity index is 2.07. The number of hydrogen-bond acceptors (Lipinski definition) is 4. The van der Waals surface area contributed by atoms with E-state index in [0.29, 0.717) is 30.3 Å². The third-order valence-corrected chi connectivity index (χ3v) is 5.17. The van der Waals surface area contributed by atoms with Crippen LogP contribution in [0.2, 0.25) is 0 Å². The van der Waals surface area contributed by atoms with Gasteiger partial charge >= 0.3 is 5.97 Å². The molecule has 0 bridgehead atoms. The molecule has 2 heterocycles. The maximum atomic E-state index is 13.4. The number of piperidine rings is 1. The fraction of sp³-hybridized carbons (Fsp3) is 0.409. The highest BCUT2D eigenvalue weighted by Crippen LogP contribution is 2.32. The van der Waals surface area contributed by atoms with E-state index < -0.39 is 23.5 Å². The molecule has 1 fully saturated rings. The van der Waals surface area contributed by atoms with Crippen LogP contribution in [0.15, 0.2) is 24.3 Å². The summed E-state index contributed by atoms with van der Waals surface area (Å²) >= 11 is 0. The molecule has 154 valence electrons. The number of rotatable bonds is 5. The van der Waals surface area contributed by atoms with Crippen molar-refractivity contribution in [1.29, 1.82) is 0 Å². The van der Waals surface area contributed by atoms with Crippen LogP contribution in [0.4, 0.5) is 4.39 Å². The molecule has 0 spiro atoms. The van der Waals surface area contributed by atoms with Crippen LogP contribution in [-0.4, -0.2) is 47.2 Å². The Hall–Kier alpha value is -2.96. The molecule has 29 heavy (non-hydrogen) atoms. The van der Waals surface area contributed by atoms with Crippen LogP contribution in [-0.2, 0) is 9.53 Å². The molecule has 3 rings (SSSR count). The molecule has 1 aliphatic heterocycles. The molecule has 0 unspecified atom stereocenters. The highest BCUT2D eigenvalue weighted by atomic mass is 19.1. The van der Waals surface area contributed by atoms with E-state index in [4.69, 9.17) is 4.74 Å². The van der Waals surface area contributed by atoms with E-state index in [9.17, 15) is 18.8 Å². The summed E-state index contributed by atoms with van der Waals surface area (Å²) in [6.45, 7) is 6.60. The Morgan fingerprint density at radius 3 is 2.55 bits per heavy atom. The smallest absolute Gasteiger partial charge is 0.340 e. The van der Waals surface area contributed by atoms with Gasteiger partial charge in [0.25, 0.3) is 11.7 Å². The van der Waals surface area contributed by atoms with Crippen LogP contribution in [0.3, 0.4) is 0 Å². The molecule has 1 aromatic heterocycles. The number of carbonyl (C=O) groups excluding carboxylic acids is 3. The standard InChI is InChI=1S/C22H25FN2O4/c1-4-29-22(28)17-14(3)24-19(18(17)15-7-9-16(23)10-8-15)20(26)21(27)25-11-5-6-13(2)12-25/h7-10,13,24H,4-6,11-12H2,1-3H3/t13-/m0/s1. The lowest BCUT2D eigenvalue weighted by atomic mass is 9.97. The molecule has 1 N–H and O–H groups in total. The molecule has 0 saturated carbocycles. The number of Topliss-reactive ketones (excluding diaryl/α,β-unsaturated/α-hetero) is 1. The van der Waals surface area contributed by atoms with Crippen molar-refractivity contribution in [2.75, 3.05) is 19.7 Å². The second-order valence-corrected chi connectivity index (χ2v) is 7.43. The SMILES string of the molecule is CCOC(=O)c1c(C)[nH]c(C(=O)C(=O)N2CCC[C@H](C)C2)c1-c1ccc(F)cc1. The highest BCUT2D eigenvalue weighted by Gasteiger charge is 2.33. The third-order valence-electron chi connectivity index (χ3n) is 5.17. The summed E-state index contributed by atoms with van der Waals surface area (Å²) in [6, 6.07) is 5.44. The topological polar surface area (TPSA) is 79.5 Å². The number of ether oxygens (including phenoxy) is 1. The number of aromatic amines is 1. The summed E-state index contributed by atoms with van der Waals surface area (Å²) in [5, 5.41) is 0. The normalized spacial score (nSPS) is 16.6. The van der Waals surface area contributed by atoms with Crippen molar-refractivity contribution < 1.29 is 23.5 Å². The van der Waals surface area contributed by atoms with Crippen molar-refractivity contribution in [1.82, 2.24) is 9.88 Å². The van der Waals surface area contributed by atoms with Crippen molar-refractivity contribution in [3.8, 4) is 11.1 Å². The molecular weight excluding hydrogens is 375 g/mol. The van der Waals surface area contributed by atoms with E-state index in [1.807, 2.05) is 6.92 Å². The molecule has 0 radical (unpaired) electrons. The minimum atomic E-state index is -0.711. The molecule has 1 atom stereocenters. The number of halogens is 1. The maximum Gasteiger partial charge on any atom is 0.340 e. The Morgan fingerprint density at radius 2 is 1.93 bits per heavy atom. The predicted molar refractivity (Wildman–Crippen MR) is 106 cm³/mol. The van der Waals surface area contributed by atoms with Gasteiger partial charge in [0, 0.05) is 24.3 Å². The predicted octanol–water partition coefficient (Wildman–Crippen LogP) is 3.75. The number of nitrogens with zero attached hydrogens (tertiary/aromatic N) is 1. The van der Waals surface area contributed by atoms with Crippen LogP contribution in [0.25, 0.3) is 11.1 Å². The number of H-pyrrole nitrogens is 1. The zero-order chi connectivity index (χ0) is 21.1. The first-order valence-electron chi connectivity index (χ1n) is 9.82. The summed E-state index contributed by atoms with van der Waals surface area (Å²) < 4.78 is 18.6. The number of ketones is 1. The first-order valence-corrected chi connectivity index (χ1v) is 9.82. The van der Waals surface area contributed by atoms with Gasteiger partial charge in [-0.15, -0.1) is 0 Å². The van der Waals surface area contributed by atoms with Gasteiger partial charge in [0.2, 0.25) is 0 Å². The highest BCUT2D eigenvalue weighted by molar-refractivity contribution is 6.43. The third kappa shape index (κ3) is 4.23. The summed E-state index contributed by atoms with van der Waals surface area (Å²) in [6.07, 6.45) is 1.87. The summed E-state index contributed by atoms with van der Waals surface area (Å²) in [5.41, 5.74) is 1.36. The second kappa shape index (κ2) is 8.59. The number of nitrogens with one attached hydrogen (secondary N) is 1. The van der Waals surface area contributed by atoms with Crippen LogP contribution in [0.1, 0.15) is 53.2 Å². The molecule has 1 aromatic carbocycles. The number of aromatic nitrogens is 1. The van der Waals surface area contributed by atoms with Crippen molar-refractivity contribution in [3.63, 3.8) is 0 Å².